The molecule has 0 aromatic carbocycles. The third-order valence-electron chi connectivity index (χ3n) is 6.69. The van der Waals surface area contributed by atoms with Crippen LogP contribution in [0.2, 0.25) is 0 Å². The molecular weight excluding hydrogens is 406 g/mol. The first-order valence-electron chi connectivity index (χ1n) is 11.0. The number of pyridine rings is 1. The van der Waals surface area contributed by atoms with E-state index in [9.17, 15) is 4.79 Å². The molecule has 4 aromatic rings. The summed E-state index contributed by atoms with van der Waals surface area (Å²) < 4.78 is 0. The minimum Gasteiger partial charge on any atom is -0.343 e. The third kappa shape index (κ3) is 3.27. The Morgan fingerprint density at radius 1 is 1.12 bits per heavy atom. The van der Waals surface area contributed by atoms with Gasteiger partial charge in [-0.1, -0.05) is 0 Å². The van der Waals surface area contributed by atoms with Gasteiger partial charge in [0.2, 0.25) is 5.91 Å². The van der Waals surface area contributed by atoms with Crippen molar-refractivity contribution in [3.05, 3.63) is 36.0 Å². The summed E-state index contributed by atoms with van der Waals surface area (Å²) in [7, 11) is 2.11. The Kier molecular flexibility index (Phi) is 4.53. The summed E-state index contributed by atoms with van der Waals surface area (Å²) in [5, 5.41) is 12.2. The van der Waals surface area contributed by atoms with E-state index in [0.717, 1.165) is 83.9 Å². The SMILES string of the molecule is CN1CCN(C(=O)C2CCc3[nH]c4ncnc(Nc5cnc6[nH]ncc6c5)c4c3C2)CC1. The van der Waals surface area contributed by atoms with Gasteiger partial charge in [0, 0.05) is 43.2 Å². The van der Waals surface area contributed by atoms with Gasteiger partial charge >= 0.3 is 0 Å². The molecule has 32 heavy (non-hydrogen) atoms. The molecule has 164 valence electrons. The number of fused-ring (bicyclic) bond motifs is 4. The number of hydrogen-bond donors (Lipinski definition) is 3. The van der Waals surface area contributed by atoms with Gasteiger partial charge in [0.25, 0.3) is 0 Å². The van der Waals surface area contributed by atoms with Gasteiger partial charge in [-0.25, -0.2) is 15.0 Å². The fraction of sp³-hybridized carbons (Fsp3) is 0.409. The summed E-state index contributed by atoms with van der Waals surface area (Å²) in [6.07, 6.45) is 7.48. The highest BCUT2D eigenvalue weighted by atomic mass is 16.2. The average Bonchev–Trinajstić information content (AvgIpc) is 3.43. The Morgan fingerprint density at radius 3 is 2.88 bits per heavy atom. The zero-order chi connectivity index (χ0) is 21.7. The van der Waals surface area contributed by atoms with Crippen LogP contribution in [0.1, 0.15) is 17.7 Å². The van der Waals surface area contributed by atoms with E-state index in [4.69, 9.17) is 0 Å². The van der Waals surface area contributed by atoms with Crippen LogP contribution in [0.25, 0.3) is 22.1 Å². The van der Waals surface area contributed by atoms with Crippen LogP contribution in [-0.2, 0) is 17.6 Å². The third-order valence-corrected chi connectivity index (χ3v) is 6.69. The average molecular weight is 432 g/mol. The quantitative estimate of drug-likeness (QED) is 0.453. The van der Waals surface area contributed by atoms with Crippen molar-refractivity contribution >= 4 is 39.5 Å². The Morgan fingerprint density at radius 2 is 2.00 bits per heavy atom. The predicted octanol–water partition coefficient (Wildman–Crippen LogP) is 1.85. The van der Waals surface area contributed by atoms with Gasteiger partial charge in [-0.2, -0.15) is 5.10 Å². The molecule has 1 saturated heterocycles. The molecule has 0 radical (unpaired) electrons. The van der Waals surface area contributed by atoms with Crippen molar-refractivity contribution in [2.45, 2.75) is 19.3 Å². The second-order valence-electron chi connectivity index (χ2n) is 8.75. The molecule has 1 unspecified atom stereocenters. The van der Waals surface area contributed by atoms with E-state index in [0.29, 0.717) is 6.42 Å². The second kappa shape index (κ2) is 7.56. The number of hydrogen-bond acceptors (Lipinski definition) is 7. The molecule has 1 fully saturated rings. The summed E-state index contributed by atoms with van der Waals surface area (Å²) in [5.41, 5.74) is 4.69. The van der Waals surface area contributed by atoms with Gasteiger partial charge in [0.05, 0.1) is 23.5 Å². The molecule has 10 nitrogen and oxygen atoms in total. The lowest BCUT2D eigenvalue weighted by Crippen LogP contribution is -2.49. The summed E-state index contributed by atoms with van der Waals surface area (Å²) in [5.74, 6) is 1.01. The van der Waals surface area contributed by atoms with Gasteiger partial charge < -0.3 is 20.1 Å². The molecule has 6 rings (SSSR count). The molecule has 1 aliphatic heterocycles. The monoisotopic (exact) mass is 431 g/mol. The molecule has 0 spiro atoms. The van der Waals surface area contributed by atoms with Gasteiger partial charge in [0.1, 0.15) is 17.8 Å². The van der Waals surface area contributed by atoms with Crippen molar-refractivity contribution in [2.75, 3.05) is 38.5 Å². The van der Waals surface area contributed by atoms with Crippen LogP contribution in [0.3, 0.4) is 0 Å². The van der Waals surface area contributed by atoms with Crippen LogP contribution >= 0.6 is 0 Å². The van der Waals surface area contributed by atoms with Gasteiger partial charge in [0.15, 0.2) is 5.65 Å². The number of H-pyrrole nitrogens is 2. The Bertz CT molecular complexity index is 1300. The molecule has 1 aliphatic carbocycles. The highest BCUT2D eigenvalue weighted by Crippen LogP contribution is 2.35. The van der Waals surface area contributed by atoms with Crippen LogP contribution in [0.5, 0.6) is 0 Å². The molecule has 2 aliphatic rings. The minimum atomic E-state index is 0.00177. The van der Waals surface area contributed by atoms with Gasteiger partial charge in [-0.3, -0.25) is 9.89 Å². The molecule has 1 atom stereocenters. The molecule has 0 saturated carbocycles. The van der Waals surface area contributed by atoms with E-state index in [2.05, 4.69) is 47.4 Å². The van der Waals surface area contributed by atoms with Gasteiger partial charge in [-0.05, 0) is 37.9 Å². The van der Waals surface area contributed by atoms with Crippen molar-refractivity contribution < 1.29 is 4.79 Å². The van der Waals surface area contributed by atoms with Gasteiger partial charge in [-0.15, -0.1) is 0 Å². The fourth-order valence-electron chi connectivity index (χ4n) is 4.87. The number of anilines is 2. The summed E-state index contributed by atoms with van der Waals surface area (Å²) in [4.78, 5) is 34.4. The molecule has 5 heterocycles. The minimum absolute atomic E-state index is 0.00177. The predicted molar refractivity (Wildman–Crippen MR) is 121 cm³/mol. The van der Waals surface area contributed by atoms with E-state index in [1.807, 2.05) is 11.0 Å². The zero-order valence-electron chi connectivity index (χ0n) is 17.9. The van der Waals surface area contributed by atoms with Crippen molar-refractivity contribution in [1.82, 2.24) is 39.9 Å². The van der Waals surface area contributed by atoms with Crippen LogP contribution in [-0.4, -0.2) is 79.1 Å². The zero-order valence-corrected chi connectivity index (χ0v) is 17.9. The van der Waals surface area contributed by atoms with Crippen LogP contribution in [0, 0.1) is 5.92 Å². The summed E-state index contributed by atoms with van der Waals surface area (Å²) >= 11 is 0. The number of nitrogens with one attached hydrogen (secondary N) is 3. The van der Waals surface area contributed by atoms with Crippen LogP contribution in [0.15, 0.2) is 24.8 Å². The lowest BCUT2D eigenvalue weighted by Gasteiger charge is -2.35. The molecule has 4 aromatic heterocycles. The maximum Gasteiger partial charge on any atom is 0.226 e. The number of likely N-dealkylation sites (N-methyl/N-ethyl adjacent to an activating group) is 1. The molecule has 1 amide bonds. The number of piperazine rings is 1. The lowest BCUT2D eigenvalue weighted by molar-refractivity contribution is -0.137. The topological polar surface area (TPSA) is 119 Å². The number of nitrogens with zero attached hydrogens (tertiary/aromatic N) is 6. The number of carbonyl (C=O) groups is 1. The number of amides is 1. The van der Waals surface area contributed by atoms with Crippen molar-refractivity contribution in [3.8, 4) is 0 Å². The summed E-state index contributed by atoms with van der Waals surface area (Å²) in [6, 6.07) is 1.98. The molecular formula is C22H25N9O. The van der Waals surface area contributed by atoms with Crippen molar-refractivity contribution in [2.24, 2.45) is 5.92 Å². The number of aryl methyl sites for hydroxylation is 1. The smallest absolute Gasteiger partial charge is 0.226 e. The van der Waals surface area contributed by atoms with E-state index in [1.165, 1.54) is 0 Å². The standard InChI is InChI=1S/C22H25N9O/c1-30-4-6-31(7-5-30)22(32)13-2-3-17-16(9-13)18-20(24-12-25-21(18)28-17)27-15-8-14-10-26-29-19(14)23-11-15/h8,10-13H,2-7,9H2,1H3,(H,23,26,29)(H2,24,25,27,28). The van der Waals surface area contributed by atoms with E-state index < -0.39 is 0 Å². The lowest BCUT2D eigenvalue weighted by atomic mass is 9.85. The summed E-state index contributed by atoms with van der Waals surface area (Å²) in [6.45, 7) is 3.50. The van der Waals surface area contributed by atoms with E-state index in [1.54, 1.807) is 18.7 Å². The normalized spacial score (nSPS) is 19.4. The van der Waals surface area contributed by atoms with E-state index in [-0.39, 0.29) is 11.8 Å². The van der Waals surface area contributed by atoms with Crippen molar-refractivity contribution in [3.63, 3.8) is 0 Å². The first-order chi connectivity index (χ1) is 15.7. The second-order valence-corrected chi connectivity index (χ2v) is 8.75. The van der Waals surface area contributed by atoms with Crippen LogP contribution in [0.4, 0.5) is 11.5 Å². The Balaban J connectivity index is 1.31. The molecule has 3 N–H and O–H groups in total. The highest BCUT2D eigenvalue weighted by Gasteiger charge is 2.32. The highest BCUT2D eigenvalue weighted by molar-refractivity contribution is 5.94. The maximum absolute atomic E-state index is 13.2. The number of aromatic nitrogens is 6. The molecule has 10 heteroatoms. The molecule has 0 bridgehead atoms. The van der Waals surface area contributed by atoms with Crippen LogP contribution < -0.4 is 5.32 Å². The first kappa shape index (κ1) is 19.2. The fourth-order valence-corrected chi connectivity index (χ4v) is 4.87. The Labute approximate surface area is 184 Å². The Hall–Kier alpha value is -3.53. The van der Waals surface area contributed by atoms with Crippen molar-refractivity contribution in [1.29, 1.82) is 0 Å². The number of aromatic amines is 2. The van der Waals surface area contributed by atoms with E-state index >= 15 is 0 Å². The number of rotatable bonds is 3. The largest absolute Gasteiger partial charge is 0.343 e. The first-order valence-corrected chi connectivity index (χ1v) is 11.0. The number of carbonyl (C=O) groups excluding carboxylic acids is 1. The maximum atomic E-state index is 13.2.